The van der Waals surface area contributed by atoms with Crippen LogP contribution < -0.4 is 4.74 Å². The summed E-state index contributed by atoms with van der Waals surface area (Å²) in [5.41, 5.74) is 0.912. The summed E-state index contributed by atoms with van der Waals surface area (Å²) < 4.78 is 45.1. The third-order valence-electron chi connectivity index (χ3n) is 7.38. The van der Waals surface area contributed by atoms with Crippen molar-refractivity contribution in [2.24, 2.45) is 5.92 Å². The second-order valence-electron chi connectivity index (χ2n) is 10.2. The second kappa shape index (κ2) is 10.5. The van der Waals surface area contributed by atoms with E-state index >= 15 is 0 Å². The van der Waals surface area contributed by atoms with E-state index in [4.69, 9.17) is 16.3 Å². The van der Waals surface area contributed by atoms with Gasteiger partial charge in [-0.1, -0.05) is 30.2 Å². The number of piperidine rings is 1. The minimum atomic E-state index is -4.34. The molecule has 0 aromatic heterocycles. The number of rotatable bonds is 8. The van der Waals surface area contributed by atoms with E-state index in [0.717, 1.165) is 56.2 Å². The molecule has 0 N–H and O–H groups in total. The van der Waals surface area contributed by atoms with Crippen LogP contribution in [-0.4, -0.2) is 56.2 Å². The third-order valence-corrected chi connectivity index (χ3v) is 7.63. The van der Waals surface area contributed by atoms with Crippen molar-refractivity contribution in [3.8, 4) is 5.75 Å². The summed E-state index contributed by atoms with van der Waals surface area (Å²) in [6.45, 7) is 3.76. The number of benzene rings is 2. The first kappa shape index (κ1) is 25.3. The van der Waals surface area contributed by atoms with Crippen LogP contribution in [0, 0.1) is 5.92 Å². The van der Waals surface area contributed by atoms with E-state index in [2.05, 4.69) is 21.9 Å². The summed E-state index contributed by atoms with van der Waals surface area (Å²) in [6.07, 6.45) is 1.37. The second-order valence-corrected chi connectivity index (χ2v) is 10.7. The van der Waals surface area contributed by atoms with Crippen molar-refractivity contribution >= 4 is 11.6 Å². The number of likely N-dealkylation sites (N-methyl/N-ethyl adjacent to an activating group) is 1. The van der Waals surface area contributed by atoms with E-state index in [-0.39, 0.29) is 11.5 Å². The largest absolute Gasteiger partial charge is 0.489 e. The summed E-state index contributed by atoms with van der Waals surface area (Å²) in [5.74, 6) is 0.814. The van der Waals surface area contributed by atoms with Crippen molar-refractivity contribution in [3.63, 3.8) is 0 Å². The lowest BCUT2D eigenvalue weighted by Crippen LogP contribution is -2.51. The molecule has 2 aromatic rings. The Balaban J connectivity index is 1.45. The minimum Gasteiger partial charge on any atom is -0.489 e. The van der Waals surface area contributed by atoms with Crippen LogP contribution in [0.4, 0.5) is 13.2 Å². The molecule has 2 fully saturated rings. The van der Waals surface area contributed by atoms with Crippen LogP contribution in [0.2, 0.25) is 5.02 Å². The summed E-state index contributed by atoms with van der Waals surface area (Å²) in [5, 5.41) is 0.767. The molecule has 1 aliphatic carbocycles. The third kappa shape index (κ3) is 6.07. The maximum absolute atomic E-state index is 12.9. The molecular weight excluding hydrogens is 461 g/mol. The lowest BCUT2D eigenvalue weighted by atomic mass is 9.64. The van der Waals surface area contributed by atoms with Crippen LogP contribution in [0.15, 0.2) is 48.5 Å². The van der Waals surface area contributed by atoms with Crippen LogP contribution in [0.3, 0.4) is 0 Å². The normalized spacial score (nSPS) is 21.8. The lowest BCUT2D eigenvalue weighted by Gasteiger charge is -2.48. The molecule has 3 nitrogen and oxygen atoms in total. The monoisotopic (exact) mass is 494 g/mol. The van der Waals surface area contributed by atoms with E-state index in [1.54, 1.807) is 0 Å². The van der Waals surface area contributed by atoms with Crippen molar-refractivity contribution in [1.82, 2.24) is 9.80 Å². The molecule has 0 spiro atoms. The number of ether oxygens (including phenoxy) is 1. The first-order valence-electron chi connectivity index (χ1n) is 12.1. The number of alkyl halides is 3. The van der Waals surface area contributed by atoms with Crippen LogP contribution in [0.1, 0.15) is 43.2 Å². The summed E-state index contributed by atoms with van der Waals surface area (Å²) in [7, 11) is 4.02. The summed E-state index contributed by atoms with van der Waals surface area (Å²) in [4.78, 5) is 4.66. The van der Waals surface area contributed by atoms with E-state index < -0.39 is 11.7 Å². The minimum absolute atomic E-state index is 0.0811. The van der Waals surface area contributed by atoms with Gasteiger partial charge in [0.1, 0.15) is 11.9 Å². The fourth-order valence-electron chi connectivity index (χ4n) is 5.45. The van der Waals surface area contributed by atoms with Crippen molar-refractivity contribution in [2.75, 3.05) is 40.3 Å². The van der Waals surface area contributed by atoms with Crippen molar-refractivity contribution in [1.29, 1.82) is 0 Å². The van der Waals surface area contributed by atoms with Gasteiger partial charge in [0.15, 0.2) is 0 Å². The molecule has 2 aliphatic rings. The van der Waals surface area contributed by atoms with Crippen molar-refractivity contribution in [2.45, 2.75) is 49.8 Å². The molecule has 0 bridgehead atoms. The zero-order chi connectivity index (χ0) is 24.3. The average Bonchev–Trinajstić information content (AvgIpc) is 2.76. The standard InChI is InChI=1S/C27H34ClF3N2O/c1-32(2)18-25(34-24-12-8-22(9-13-24)27(29,30)31)20-5-3-16-33(17-20)19-26(14-4-15-26)21-6-10-23(28)11-7-21/h6-13,20,25H,3-5,14-19H2,1-2H3/t20-,25-/m1/s1. The zero-order valence-electron chi connectivity index (χ0n) is 20.0. The van der Waals surface area contributed by atoms with Gasteiger partial charge < -0.3 is 14.5 Å². The highest BCUT2D eigenvalue weighted by Gasteiger charge is 2.41. The smallest absolute Gasteiger partial charge is 0.416 e. The van der Waals surface area contributed by atoms with Gasteiger partial charge in [0.2, 0.25) is 0 Å². The van der Waals surface area contributed by atoms with E-state index in [1.807, 2.05) is 26.2 Å². The van der Waals surface area contributed by atoms with Gasteiger partial charge in [-0.15, -0.1) is 0 Å². The molecule has 0 unspecified atom stereocenters. The number of halogens is 4. The van der Waals surface area contributed by atoms with Crippen LogP contribution in [0.5, 0.6) is 5.75 Å². The first-order valence-corrected chi connectivity index (χ1v) is 12.5. The average molecular weight is 495 g/mol. The number of nitrogens with zero attached hydrogens (tertiary/aromatic N) is 2. The van der Waals surface area contributed by atoms with Gasteiger partial charge in [-0.3, -0.25) is 0 Å². The summed E-state index contributed by atoms with van der Waals surface area (Å²) >= 11 is 6.12. The maximum Gasteiger partial charge on any atom is 0.416 e. The highest BCUT2D eigenvalue weighted by Crippen LogP contribution is 2.45. The van der Waals surface area contributed by atoms with Gasteiger partial charge in [-0.25, -0.2) is 0 Å². The molecule has 4 rings (SSSR count). The Kier molecular flexibility index (Phi) is 7.80. The molecule has 1 saturated carbocycles. The Morgan fingerprint density at radius 2 is 1.74 bits per heavy atom. The van der Waals surface area contributed by atoms with Gasteiger partial charge in [0.05, 0.1) is 5.56 Å². The van der Waals surface area contributed by atoms with Crippen LogP contribution >= 0.6 is 11.6 Å². The molecule has 1 aliphatic heterocycles. The SMILES string of the molecule is CN(C)C[C@@H](Oc1ccc(C(F)(F)F)cc1)[C@@H]1CCCN(CC2(c3ccc(Cl)cc3)CCC2)C1. The highest BCUT2D eigenvalue weighted by molar-refractivity contribution is 6.30. The predicted molar refractivity (Wildman–Crippen MR) is 131 cm³/mol. The quantitative estimate of drug-likeness (QED) is 0.416. The van der Waals surface area contributed by atoms with Gasteiger partial charge in [0, 0.05) is 36.0 Å². The maximum atomic E-state index is 12.9. The molecule has 2 atom stereocenters. The van der Waals surface area contributed by atoms with E-state index in [9.17, 15) is 13.2 Å². The molecule has 186 valence electrons. The first-order chi connectivity index (χ1) is 16.1. The van der Waals surface area contributed by atoms with E-state index in [1.165, 1.54) is 37.0 Å². The molecule has 7 heteroatoms. The Hall–Kier alpha value is -1.76. The number of hydrogen-bond donors (Lipinski definition) is 0. The zero-order valence-corrected chi connectivity index (χ0v) is 20.7. The van der Waals surface area contributed by atoms with Crippen LogP contribution in [-0.2, 0) is 11.6 Å². The molecule has 34 heavy (non-hydrogen) atoms. The number of likely N-dealkylation sites (tertiary alicyclic amines) is 1. The molecule has 1 heterocycles. The van der Waals surface area contributed by atoms with Gasteiger partial charge in [0.25, 0.3) is 0 Å². The Morgan fingerprint density at radius 1 is 1.06 bits per heavy atom. The lowest BCUT2D eigenvalue weighted by molar-refractivity contribution is -0.137. The predicted octanol–water partition coefficient (Wildman–Crippen LogP) is 6.50. The molecule has 0 amide bonds. The van der Waals surface area contributed by atoms with Gasteiger partial charge >= 0.3 is 6.18 Å². The van der Waals surface area contributed by atoms with Crippen molar-refractivity contribution in [3.05, 3.63) is 64.7 Å². The fourth-order valence-corrected chi connectivity index (χ4v) is 5.58. The van der Waals surface area contributed by atoms with Crippen molar-refractivity contribution < 1.29 is 17.9 Å². The highest BCUT2D eigenvalue weighted by atomic mass is 35.5. The fraction of sp³-hybridized carbons (Fsp3) is 0.556. The molecule has 1 saturated heterocycles. The van der Waals surface area contributed by atoms with Gasteiger partial charge in [-0.2, -0.15) is 13.2 Å². The topological polar surface area (TPSA) is 15.7 Å². The van der Waals surface area contributed by atoms with E-state index in [0.29, 0.717) is 11.7 Å². The Bertz CT molecular complexity index is 926. The number of hydrogen-bond acceptors (Lipinski definition) is 3. The molecule has 2 aromatic carbocycles. The summed E-state index contributed by atoms with van der Waals surface area (Å²) in [6, 6.07) is 13.4. The van der Waals surface area contributed by atoms with Crippen LogP contribution in [0.25, 0.3) is 0 Å². The Morgan fingerprint density at radius 3 is 2.29 bits per heavy atom. The van der Waals surface area contributed by atoms with Gasteiger partial charge in [-0.05, 0) is 88.3 Å². The molecule has 0 radical (unpaired) electrons. The Labute approximate surface area is 205 Å². The molecular formula is C27H34ClF3N2O.